The summed E-state index contributed by atoms with van der Waals surface area (Å²) in [6, 6.07) is 5.96. The Kier molecular flexibility index (Phi) is 4.08. The van der Waals surface area contributed by atoms with Crippen LogP contribution in [0.3, 0.4) is 0 Å². The van der Waals surface area contributed by atoms with E-state index in [0.717, 1.165) is 31.2 Å². The van der Waals surface area contributed by atoms with Crippen molar-refractivity contribution in [3.63, 3.8) is 0 Å². The molecule has 0 saturated carbocycles. The number of hydrogen-bond donors (Lipinski definition) is 1. The zero-order valence-electron chi connectivity index (χ0n) is 14.5. The summed E-state index contributed by atoms with van der Waals surface area (Å²) in [4.78, 5) is 35.8. The van der Waals surface area contributed by atoms with Gasteiger partial charge in [0.1, 0.15) is 4.83 Å². The molecule has 5 heterocycles. The normalized spacial score (nSPS) is 14.2. The lowest BCUT2D eigenvalue weighted by Gasteiger charge is -2.17. The fourth-order valence-electron chi connectivity index (χ4n) is 2.96. The van der Waals surface area contributed by atoms with Crippen LogP contribution in [-0.4, -0.2) is 26.8 Å². The van der Waals surface area contributed by atoms with Crippen LogP contribution < -0.4 is 5.43 Å². The summed E-state index contributed by atoms with van der Waals surface area (Å²) in [7, 11) is 0. The van der Waals surface area contributed by atoms with E-state index in [1.54, 1.807) is 29.6 Å². The number of hydrazine groups is 1. The van der Waals surface area contributed by atoms with Gasteiger partial charge in [-0.15, -0.1) is 22.7 Å². The smallest absolute Gasteiger partial charge is 0.271 e. The Morgan fingerprint density at radius 1 is 1.07 bits per heavy atom. The Hall–Kier alpha value is -2.88. The molecule has 0 unspecified atom stereocenters. The van der Waals surface area contributed by atoms with Crippen LogP contribution in [0.4, 0.5) is 5.82 Å². The molecule has 9 heteroatoms. The van der Waals surface area contributed by atoms with E-state index in [2.05, 4.69) is 10.4 Å². The zero-order valence-corrected chi connectivity index (χ0v) is 17.0. The predicted molar refractivity (Wildman–Crippen MR) is 113 cm³/mol. The number of anilines is 1. The van der Waals surface area contributed by atoms with Crippen molar-refractivity contribution >= 4 is 61.9 Å². The lowest BCUT2D eigenvalue weighted by Crippen LogP contribution is -2.36. The van der Waals surface area contributed by atoms with E-state index in [-0.39, 0.29) is 5.91 Å². The maximum absolute atomic E-state index is 12.4. The van der Waals surface area contributed by atoms with Crippen LogP contribution in [0.2, 0.25) is 0 Å². The number of aromatic nitrogens is 2. The average molecular weight is 425 g/mol. The molecule has 6 nitrogen and oxygen atoms in total. The van der Waals surface area contributed by atoms with E-state index < -0.39 is 5.91 Å². The third-order valence-corrected chi connectivity index (χ3v) is 6.78. The maximum Gasteiger partial charge on any atom is 0.275 e. The van der Waals surface area contributed by atoms with Crippen molar-refractivity contribution in [1.82, 2.24) is 15.0 Å². The molecule has 0 atom stereocenters. The molecule has 0 bridgehead atoms. The van der Waals surface area contributed by atoms with Crippen molar-refractivity contribution in [2.24, 2.45) is 0 Å². The van der Waals surface area contributed by atoms with Gasteiger partial charge in [-0.3, -0.25) is 15.0 Å². The Balaban J connectivity index is 1.69. The molecule has 0 saturated heterocycles. The number of carbonyl (C=O) groups excluding carboxylic acids is 2. The lowest BCUT2D eigenvalue weighted by molar-refractivity contribution is -0.135. The topological polar surface area (TPSA) is 75.2 Å². The van der Waals surface area contributed by atoms with Crippen molar-refractivity contribution < 1.29 is 9.59 Å². The summed E-state index contributed by atoms with van der Waals surface area (Å²) in [6.45, 7) is 1.62. The molecule has 0 fully saturated rings. The first kappa shape index (κ1) is 17.2. The third-order valence-electron chi connectivity index (χ3n) is 4.32. The number of nitrogens with one attached hydrogen (secondary N) is 1. The van der Waals surface area contributed by atoms with Gasteiger partial charge in [0.15, 0.2) is 11.6 Å². The van der Waals surface area contributed by atoms with Gasteiger partial charge >= 0.3 is 0 Å². The number of fused-ring (bicyclic) bond motifs is 1. The van der Waals surface area contributed by atoms with Crippen LogP contribution in [0, 0.1) is 0 Å². The van der Waals surface area contributed by atoms with Gasteiger partial charge in [-0.2, -0.15) is 16.3 Å². The van der Waals surface area contributed by atoms with Crippen molar-refractivity contribution in [2.45, 2.75) is 6.92 Å². The van der Waals surface area contributed by atoms with Gasteiger partial charge in [0.2, 0.25) is 0 Å². The van der Waals surface area contributed by atoms with E-state index in [0.29, 0.717) is 17.2 Å². The molecule has 138 valence electrons. The van der Waals surface area contributed by atoms with E-state index in [9.17, 15) is 9.59 Å². The van der Waals surface area contributed by atoms with Gasteiger partial charge in [0.25, 0.3) is 11.8 Å². The van der Waals surface area contributed by atoms with Gasteiger partial charge in [0, 0.05) is 38.4 Å². The van der Waals surface area contributed by atoms with Crippen molar-refractivity contribution in [2.75, 3.05) is 5.43 Å². The molecule has 0 aliphatic carbocycles. The Morgan fingerprint density at radius 2 is 1.96 bits per heavy atom. The van der Waals surface area contributed by atoms with Gasteiger partial charge in [-0.1, -0.05) is 6.07 Å². The molecule has 0 spiro atoms. The molecular formula is C19H12N4O2S3. The Morgan fingerprint density at radius 3 is 2.64 bits per heavy atom. The van der Waals surface area contributed by atoms with Gasteiger partial charge in [-0.05, 0) is 29.8 Å². The standard InChI is InChI=1S/C19H12N4O2S3/c1-10-7-14(24)23(19(10)25)22-17-15-12(13-3-2-5-27-13)9-28-18(15)21-16(20-17)11-4-6-26-8-11/h2-9H,1H3,(H,20,21,22). The largest absolute Gasteiger partial charge is 0.275 e. The summed E-state index contributed by atoms with van der Waals surface area (Å²) in [5, 5.41) is 9.78. The highest BCUT2D eigenvalue weighted by molar-refractivity contribution is 7.18. The molecule has 2 amide bonds. The lowest BCUT2D eigenvalue weighted by atomic mass is 10.2. The number of imide groups is 1. The molecule has 1 N–H and O–H groups in total. The molecular weight excluding hydrogens is 412 g/mol. The molecule has 0 radical (unpaired) electrons. The van der Waals surface area contributed by atoms with Crippen LogP contribution in [0.1, 0.15) is 6.92 Å². The van der Waals surface area contributed by atoms with E-state index in [1.807, 2.05) is 39.7 Å². The van der Waals surface area contributed by atoms with Crippen LogP contribution in [0.25, 0.3) is 32.0 Å². The molecule has 28 heavy (non-hydrogen) atoms. The summed E-state index contributed by atoms with van der Waals surface area (Å²) >= 11 is 4.69. The third kappa shape index (κ3) is 2.75. The maximum atomic E-state index is 12.4. The second-order valence-electron chi connectivity index (χ2n) is 6.13. The molecule has 0 aromatic carbocycles. The molecule has 1 aliphatic heterocycles. The fourth-order valence-corrected chi connectivity index (χ4v) is 5.35. The summed E-state index contributed by atoms with van der Waals surface area (Å²) in [5.41, 5.74) is 5.23. The van der Waals surface area contributed by atoms with Crippen molar-refractivity contribution in [3.8, 4) is 21.8 Å². The van der Waals surface area contributed by atoms with Crippen LogP contribution >= 0.6 is 34.0 Å². The number of amides is 2. The first-order valence-electron chi connectivity index (χ1n) is 8.31. The minimum atomic E-state index is -0.403. The SMILES string of the molecule is CC1=CC(=O)N(Nc2nc(-c3ccsc3)nc3scc(-c4cccs4)c23)C1=O. The molecule has 1 aliphatic rings. The summed E-state index contributed by atoms with van der Waals surface area (Å²) < 4.78 is 0. The highest BCUT2D eigenvalue weighted by Crippen LogP contribution is 2.40. The molecule has 5 rings (SSSR count). The molecule has 4 aromatic rings. The summed E-state index contributed by atoms with van der Waals surface area (Å²) in [5.74, 6) is 0.223. The zero-order chi connectivity index (χ0) is 19.3. The van der Waals surface area contributed by atoms with Crippen LogP contribution in [0.5, 0.6) is 0 Å². The van der Waals surface area contributed by atoms with Crippen LogP contribution in [0.15, 0.2) is 51.4 Å². The van der Waals surface area contributed by atoms with Gasteiger partial charge in [0.05, 0.1) is 5.39 Å². The molecule has 4 aromatic heterocycles. The summed E-state index contributed by atoms with van der Waals surface area (Å²) in [6.07, 6.45) is 1.32. The quantitative estimate of drug-likeness (QED) is 0.477. The monoisotopic (exact) mass is 424 g/mol. The van der Waals surface area contributed by atoms with Gasteiger partial charge < -0.3 is 0 Å². The number of carbonyl (C=O) groups is 2. The average Bonchev–Trinajstić information content (AvgIpc) is 3.46. The first-order valence-corrected chi connectivity index (χ1v) is 11.0. The highest BCUT2D eigenvalue weighted by Gasteiger charge is 2.30. The van der Waals surface area contributed by atoms with Crippen LogP contribution in [-0.2, 0) is 9.59 Å². The first-order chi connectivity index (χ1) is 13.6. The highest BCUT2D eigenvalue weighted by atomic mass is 32.1. The number of thiophene rings is 3. The number of rotatable bonds is 4. The number of nitrogens with zero attached hydrogens (tertiary/aromatic N) is 3. The van der Waals surface area contributed by atoms with E-state index in [4.69, 9.17) is 4.98 Å². The second-order valence-corrected chi connectivity index (χ2v) is 8.72. The van der Waals surface area contributed by atoms with E-state index >= 15 is 0 Å². The second kappa shape index (κ2) is 6.62. The minimum Gasteiger partial charge on any atom is -0.271 e. The van der Waals surface area contributed by atoms with Crippen molar-refractivity contribution in [3.05, 3.63) is 51.4 Å². The van der Waals surface area contributed by atoms with Gasteiger partial charge in [-0.25, -0.2) is 9.97 Å². The minimum absolute atomic E-state index is 0.373. The van der Waals surface area contributed by atoms with E-state index in [1.165, 1.54) is 17.4 Å². The Labute approximate surface area is 171 Å². The number of hydrogen-bond acceptors (Lipinski definition) is 8. The fraction of sp³-hybridized carbons (Fsp3) is 0.0526. The predicted octanol–water partition coefficient (Wildman–Crippen LogP) is 4.79. The van der Waals surface area contributed by atoms with Crippen molar-refractivity contribution in [1.29, 1.82) is 0 Å². The Bertz CT molecular complexity index is 1240.